The summed E-state index contributed by atoms with van der Waals surface area (Å²) in [6.07, 6.45) is 3.77. The molecule has 1 heterocycles. The lowest BCUT2D eigenvalue weighted by Crippen LogP contribution is -2.30. The SMILES string of the molecule is CCN(CC)C(=O)c1ccc(NC(=O)CCC2CCCN2)cc1. The smallest absolute Gasteiger partial charge is 0.253 e. The third kappa shape index (κ3) is 5.06. The molecule has 1 aliphatic rings. The van der Waals surface area contributed by atoms with E-state index in [9.17, 15) is 9.59 Å². The van der Waals surface area contributed by atoms with E-state index in [2.05, 4.69) is 10.6 Å². The largest absolute Gasteiger partial charge is 0.339 e. The zero-order valence-corrected chi connectivity index (χ0v) is 14.1. The Balaban J connectivity index is 1.84. The van der Waals surface area contributed by atoms with Gasteiger partial charge < -0.3 is 15.5 Å². The van der Waals surface area contributed by atoms with Crippen LogP contribution in [0.1, 0.15) is 49.9 Å². The van der Waals surface area contributed by atoms with Crippen molar-refractivity contribution < 1.29 is 9.59 Å². The monoisotopic (exact) mass is 317 g/mol. The standard InChI is InChI=1S/C18H27N3O2/c1-3-21(4-2)18(23)14-7-9-16(10-8-14)20-17(22)12-11-15-6-5-13-19-15/h7-10,15,19H,3-6,11-13H2,1-2H3,(H,20,22). The molecule has 126 valence electrons. The summed E-state index contributed by atoms with van der Waals surface area (Å²) in [6, 6.07) is 7.61. The van der Waals surface area contributed by atoms with Crippen molar-refractivity contribution in [2.75, 3.05) is 25.0 Å². The third-order valence-corrected chi connectivity index (χ3v) is 4.35. The first-order valence-corrected chi connectivity index (χ1v) is 8.56. The molecule has 0 aromatic heterocycles. The predicted octanol–water partition coefficient (Wildman–Crippen LogP) is 2.64. The van der Waals surface area contributed by atoms with E-state index in [0.29, 0.717) is 31.1 Å². The van der Waals surface area contributed by atoms with E-state index in [1.807, 2.05) is 13.8 Å². The fourth-order valence-electron chi connectivity index (χ4n) is 2.92. The van der Waals surface area contributed by atoms with E-state index in [1.54, 1.807) is 29.2 Å². The van der Waals surface area contributed by atoms with Crippen molar-refractivity contribution in [1.82, 2.24) is 10.2 Å². The van der Waals surface area contributed by atoms with Crippen LogP contribution in [0.25, 0.3) is 0 Å². The summed E-state index contributed by atoms with van der Waals surface area (Å²) in [5, 5.41) is 6.29. The Morgan fingerprint density at radius 1 is 1.22 bits per heavy atom. The molecule has 1 saturated heterocycles. The second-order valence-corrected chi connectivity index (χ2v) is 5.93. The molecule has 1 atom stereocenters. The van der Waals surface area contributed by atoms with Crippen molar-refractivity contribution in [3.8, 4) is 0 Å². The molecule has 0 bridgehead atoms. The van der Waals surface area contributed by atoms with Crippen LogP contribution in [0.4, 0.5) is 5.69 Å². The van der Waals surface area contributed by atoms with Crippen LogP contribution in [-0.2, 0) is 4.79 Å². The van der Waals surface area contributed by atoms with Gasteiger partial charge in [-0.15, -0.1) is 0 Å². The molecule has 2 rings (SSSR count). The van der Waals surface area contributed by atoms with Gasteiger partial charge in [-0.1, -0.05) is 0 Å². The fourth-order valence-corrected chi connectivity index (χ4v) is 2.92. The molecule has 1 fully saturated rings. The van der Waals surface area contributed by atoms with Crippen LogP contribution in [0.2, 0.25) is 0 Å². The summed E-state index contributed by atoms with van der Waals surface area (Å²) in [4.78, 5) is 26.0. The lowest BCUT2D eigenvalue weighted by molar-refractivity contribution is -0.116. The second kappa shape index (κ2) is 8.67. The maximum atomic E-state index is 12.2. The molecule has 0 radical (unpaired) electrons. The molecule has 5 nitrogen and oxygen atoms in total. The van der Waals surface area contributed by atoms with Gasteiger partial charge >= 0.3 is 0 Å². The normalized spacial score (nSPS) is 17.0. The number of carbonyl (C=O) groups is 2. The van der Waals surface area contributed by atoms with Gasteiger partial charge in [-0.3, -0.25) is 9.59 Å². The van der Waals surface area contributed by atoms with Crippen LogP contribution in [0, 0.1) is 0 Å². The minimum atomic E-state index is 0.0279. The minimum absolute atomic E-state index is 0.0279. The quantitative estimate of drug-likeness (QED) is 0.813. The first-order valence-electron chi connectivity index (χ1n) is 8.56. The van der Waals surface area contributed by atoms with Crippen LogP contribution in [0.3, 0.4) is 0 Å². The van der Waals surface area contributed by atoms with E-state index >= 15 is 0 Å². The van der Waals surface area contributed by atoms with Crippen LogP contribution in [0.5, 0.6) is 0 Å². The lowest BCUT2D eigenvalue weighted by Gasteiger charge is -2.18. The van der Waals surface area contributed by atoms with Crippen molar-refractivity contribution in [3.63, 3.8) is 0 Å². The fraction of sp³-hybridized carbons (Fsp3) is 0.556. The van der Waals surface area contributed by atoms with Crippen LogP contribution in [0.15, 0.2) is 24.3 Å². The molecular formula is C18H27N3O2. The van der Waals surface area contributed by atoms with Crippen molar-refractivity contribution in [3.05, 3.63) is 29.8 Å². The number of hydrogen-bond donors (Lipinski definition) is 2. The molecule has 1 aliphatic heterocycles. The zero-order chi connectivity index (χ0) is 16.7. The highest BCUT2D eigenvalue weighted by Crippen LogP contribution is 2.14. The number of amides is 2. The van der Waals surface area contributed by atoms with Crippen molar-refractivity contribution in [2.24, 2.45) is 0 Å². The first-order chi connectivity index (χ1) is 11.1. The number of rotatable bonds is 7. The van der Waals surface area contributed by atoms with Gasteiger partial charge in [-0.05, 0) is 63.9 Å². The van der Waals surface area contributed by atoms with E-state index in [4.69, 9.17) is 0 Å². The number of nitrogens with zero attached hydrogens (tertiary/aromatic N) is 1. The molecule has 2 amide bonds. The topological polar surface area (TPSA) is 61.4 Å². The highest BCUT2D eigenvalue weighted by Gasteiger charge is 2.16. The van der Waals surface area contributed by atoms with Gasteiger partial charge in [-0.2, -0.15) is 0 Å². The number of carbonyl (C=O) groups excluding carboxylic acids is 2. The van der Waals surface area contributed by atoms with Gasteiger partial charge in [0.15, 0.2) is 0 Å². The molecule has 1 unspecified atom stereocenters. The zero-order valence-electron chi connectivity index (χ0n) is 14.1. The molecule has 1 aromatic carbocycles. The van der Waals surface area contributed by atoms with E-state index < -0.39 is 0 Å². The van der Waals surface area contributed by atoms with Gasteiger partial charge in [0.1, 0.15) is 0 Å². The Labute approximate surface area is 138 Å². The van der Waals surface area contributed by atoms with E-state index in [1.165, 1.54) is 6.42 Å². The van der Waals surface area contributed by atoms with Crippen molar-refractivity contribution in [1.29, 1.82) is 0 Å². The second-order valence-electron chi connectivity index (χ2n) is 5.93. The third-order valence-electron chi connectivity index (χ3n) is 4.35. The van der Waals surface area contributed by atoms with Crippen molar-refractivity contribution >= 4 is 17.5 Å². The molecule has 0 spiro atoms. The van der Waals surface area contributed by atoms with Gasteiger partial charge in [0, 0.05) is 36.8 Å². The molecule has 5 heteroatoms. The Kier molecular flexibility index (Phi) is 6.59. The molecule has 1 aromatic rings. The number of benzene rings is 1. The molecular weight excluding hydrogens is 290 g/mol. The average Bonchev–Trinajstić information content (AvgIpc) is 3.08. The Morgan fingerprint density at radius 2 is 1.91 bits per heavy atom. The van der Waals surface area contributed by atoms with Crippen LogP contribution in [-0.4, -0.2) is 42.4 Å². The first kappa shape index (κ1) is 17.5. The van der Waals surface area contributed by atoms with E-state index in [0.717, 1.165) is 25.1 Å². The van der Waals surface area contributed by atoms with Crippen molar-refractivity contribution in [2.45, 2.75) is 45.6 Å². The molecule has 0 aliphatic carbocycles. The highest BCUT2D eigenvalue weighted by atomic mass is 16.2. The van der Waals surface area contributed by atoms with E-state index in [-0.39, 0.29) is 11.8 Å². The Morgan fingerprint density at radius 3 is 2.48 bits per heavy atom. The predicted molar refractivity (Wildman–Crippen MR) is 92.6 cm³/mol. The molecule has 0 saturated carbocycles. The summed E-state index contributed by atoms with van der Waals surface area (Å²) >= 11 is 0. The molecule has 23 heavy (non-hydrogen) atoms. The Hall–Kier alpha value is -1.88. The summed E-state index contributed by atoms with van der Waals surface area (Å²) in [6.45, 7) is 6.39. The Bertz CT molecular complexity index is 518. The summed E-state index contributed by atoms with van der Waals surface area (Å²) < 4.78 is 0. The average molecular weight is 317 g/mol. The summed E-state index contributed by atoms with van der Waals surface area (Å²) in [5.41, 5.74) is 1.40. The maximum Gasteiger partial charge on any atom is 0.253 e. The summed E-state index contributed by atoms with van der Waals surface area (Å²) in [7, 11) is 0. The van der Waals surface area contributed by atoms with Gasteiger partial charge in [0.25, 0.3) is 5.91 Å². The van der Waals surface area contributed by atoms with Gasteiger partial charge in [0.05, 0.1) is 0 Å². The highest BCUT2D eigenvalue weighted by molar-refractivity contribution is 5.95. The van der Waals surface area contributed by atoms with Crippen LogP contribution < -0.4 is 10.6 Å². The van der Waals surface area contributed by atoms with Gasteiger partial charge in [-0.25, -0.2) is 0 Å². The lowest BCUT2D eigenvalue weighted by atomic mass is 10.1. The number of hydrogen-bond acceptors (Lipinski definition) is 3. The maximum absolute atomic E-state index is 12.2. The van der Waals surface area contributed by atoms with Gasteiger partial charge in [0.2, 0.25) is 5.91 Å². The summed E-state index contributed by atoms with van der Waals surface area (Å²) in [5.74, 6) is 0.0571. The number of nitrogens with one attached hydrogen (secondary N) is 2. The number of anilines is 1. The van der Waals surface area contributed by atoms with Crippen LogP contribution >= 0.6 is 0 Å². The molecule has 2 N–H and O–H groups in total. The minimum Gasteiger partial charge on any atom is -0.339 e.